The third kappa shape index (κ3) is 2.22. The summed E-state index contributed by atoms with van der Waals surface area (Å²) in [4.78, 5) is 23.2. The first-order valence-corrected chi connectivity index (χ1v) is 6.01. The van der Waals surface area contributed by atoms with Crippen LogP contribution in [0.25, 0.3) is 0 Å². The molecule has 7 heteroatoms. The summed E-state index contributed by atoms with van der Waals surface area (Å²) >= 11 is 5.69. The number of rotatable bonds is 2. The smallest absolute Gasteiger partial charge is 0.308 e. The van der Waals surface area contributed by atoms with Gasteiger partial charge in [-0.05, 0) is 19.1 Å². The molecule has 1 aromatic carbocycles. The summed E-state index contributed by atoms with van der Waals surface area (Å²) in [6, 6.07) is 3.72. The van der Waals surface area contributed by atoms with Gasteiger partial charge in [0.1, 0.15) is 5.82 Å². The lowest BCUT2D eigenvalue weighted by Gasteiger charge is -2.23. The van der Waals surface area contributed by atoms with E-state index in [-0.39, 0.29) is 16.7 Å². The van der Waals surface area contributed by atoms with Gasteiger partial charge in [-0.2, -0.15) is 0 Å². The number of halogens is 2. The maximum absolute atomic E-state index is 13.2. The Labute approximate surface area is 119 Å². The summed E-state index contributed by atoms with van der Waals surface area (Å²) < 4.78 is 23.2. The van der Waals surface area contributed by atoms with Gasteiger partial charge in [-0.25, -0.2) is 4.39 Å². The van der Waals surface area contributed by atoms with Crippen LogP contribution in [0.5, 0.6) is 0 Å². The van der Waals surface area contributed by atoms with Crippen LogP contribution in [0.15, 0.2) is 29.8 Å². The molecular formula is C13H11ClFNO4. The summed E-state index contributed by atoms with van der Waals surface area (Å²) in [7, 11) is 0. The average molecular weight is 300 g/mol. The van der Waals surface area contributed by atoms with Gasteiger partial charge >= 0.3 is 5.97 Å². The fraction of sp³-hybridized carbons (Fsp3) is 0.231. The summed E-state index contributed by atoms with van der Waals surface area (Å²) in [5.74, 6) is -2.60. The Morgan fingerprint density at radius 2 is 2.15 bits per heavy atom. The summed E-state index contributed by atoms with van der Waals surface area (Å²) in [6.45, 7) is 2.57. The molecular weight excluding hydrogens is 289 g/mol. The van der Waals surface area contributed by atoms with Crippen molar-refractivity contribution >= 4 is 23.4 Å². The van der Waals surface area contributed by atoms with Gasteiger partial charge < -0.3 is 15.2 Å². The zero-order chi connectivity index (χ0) is 15.1. The summed E-state index contributed by atoms with van der Waals surface area (Å²) in [6.07, 6.45) is 0. The normalized spacial score (nSPS) is 21.9. The molecule has 1 unspecified atom stereocenters. The minimum absolute atomic E-state index is 0.153. The van der Waals surface area contributed by atoms with E-state index >= 15 is 0 Å². The minimum Gasteiger partial charge on any atom is -0.457 e. The number of ether oxygens (including phenoxy) is 2. The lowest BCUT2D eigenvalue weighted by molar-refractivity contribution is -0.142. The number of hydrogen-bond donors (Lipinski definition) is 1. The Morgan fingerprint density at radius 3 is 2.70 bits per heavy atom. The van der Waals surface area contributed by atoms with Crippen molar-refractivity contribution in [2.24, 2.45) is 5.73 Å². The van der Waals surface area contributed by atoms with Crippen molar-refractivity contribution in [1.82, 2.24) is 0 Å². The molecule has 0 saturated carbocycles. The number of benzene rings is 1. The molecule has 106 valence electrons. The quantitative estimate of drug-likeness (QED) is 0.845. The van der Waals surface area contributed by atoms with Crippen molar-refractivity contribution in [3.63, 3.8) is 0 Å². The molecule has 0 amide bonds. The highest BCUT2D eigenvalue weighted by atomic mass is 35.5. The van der Waals surface area contributed by atoms with E-state index in [9.17, 15) is 14.0 Å². The Balaban J connectivity index is 2.41. The number of Topliss-reactive ketones (excluding diaryl/α,β-unsaturated/α-hetero) is 1. The Kier molecular flexibility index (Phi) is 3.43. The predicted octanol–water partition coefficient (Wildman–Crippen LogP) is 1.98. The molecule has 2 rings (SSSR count). The van der Waals surface area contributed by atoms with Crippen LogP contribution >= 0.6 is 11.6 Å². The molecule has 0 radical (unpaired) electrons. The monoisotopic (exact) mass is 299 g/mol. The zero-order valence-electron chi connectivity index (χ0n) is 10.7. The molecule has 1 heterocycles. The molecule has 1 aliphatic rings. The summed E-state index contributed by atoms with van der Waals surface area (Å²) in [5.41, 5.74) is 4.35. The third-order valence-corrected chi connectivity index (χ3v) is 3.18. The summed E-state index contributed by atoms with van der Waals surface area (Å²) in [5, 5.41) is -0.153. The van der Waals surface area contributed by atoms with Crippen molar-refractivity contribution in [3.05, 3.63) is 46.2 Å². The van der Waals surface area contributed by atoms with E-state index in [0.29, 0.717) is 5.56 Å². The maximum atomic E-state index is 13.2. The second-order valence-corrected chi connectivity index (χ2v) is 4.79. The molecule has 0 spiro atoms. The van der Waals surface area contributed by atoms with E-state index in [1.807, 2.05) is 0 Å². The Bertz CT molecular complexity index is 643. The molecule has 0 fully saturated rings. The van der Waals surface area contributed by atoms with Crippen molar-refractivity contribution in [1.29, 1.82) is 0 Å². The van der Waals surface area contributed by atoms with E-state index in [4.69, 9.17) is 26.8 Å². The molecule has 5 nitrogen and oxygen atoms in total. The molecule has 0 bridgehead atoms. The molecule has 20 heavy (non-hydrogen) atoms. The van der Waals surface area contributed by atoms with Crippen LogP contribution in [-0.4, -0.2) is 11.8 Å². The Morgan fingerprint density at radius 1 is 1.50 bits per heavy atom. The number of carbonyl (C=O) groups excluding carboxylic acids is 2. The second kappa shape index (κ2) is 4.79. The topological polar surface area (TPSA) is 78.6 Å². The van der Waals surface area contributed by atoms with Gasteiger partial charge in [0, 0.05) is 12.5 Å². The zero-order valence-corrected chi connectivity index (χ0v) is 11.5. The van der Waals surface area contributed by atoms with Crippen molar-refractivity contribution < 1.29 is 23.5 Å². The van der Waals surface area contributed by atoms with Crippen LogP contribution < -0.4 is 5.73 Å². The van der Waals surface area contributed by atoms with Gasteiger partial charge in [0.25, 0.3) is 5.78 Å². The van der Waals surface area contributed by atoms with Gasteiger partial charge in [0.05, 0.1) is 5.02 Å². The molecule has 1 aromatic rings. The number of carbonyl (C=O) groups is 2. The molecule has 0 saturated heterocycles. The maximum Gasteiger partial charge on any atom is 0.308 e. The number of esters is 1. The lowest BCUT2D eigenvalue weighted by Crippen LogP contribution is -2.32. The number of nitrogens with two attached hydrogens (primary N) is 1. The fourth-order valence-corrected chi connectivity index (χ4v) is 2.04. The largest absolute Gasteiger partial charge is 0.457 e. The standard InChI is InChI=1S/C13H11ClFNO4/c1-6(17)19-10-11(18)13(2,20-12(10)16)7-3-4-9(15)8(14)5-7/h3-5H,16H2,1-2H3. The highest BCUT2D eigenvalue weighted by Crippen LogP contribution is 2.38. The molecule has 1 aliphatic heterocycles. The van der Waals surface area contributed by atoms with E-state index in [1.165, 1.54) is 19.1 Å². The highest BCUT2D eigenvalue weighted by molar-refractivity contribution is 6.30. The van der Waals surface area contributed by atoms with Gasteiger partial charge in [0.2, 0.25) is 11.6 Å². The van der Waals surface area contributed by atoms with Crippen LogP contribution in [0.3, 0.4) is 0 Å². The van der Waals surface area contributed by atoms with Crippen molar-refractivity contribution in [2.45, 2.75) is 19.4 Å². The number of ketones is 1. The van der Waals surface area contributed by atoms with Gasteiger partial charge in [-0.1, -0.05) is 17.7 Å². The highest BCUT2D eigenvalue weighted by Gasteiger charge is 2.48. The van der Waals surface area contributed by atoms with E-state index in [2.05, 4.69) is 0 Å². The molecule has 1 atom stereocenters. The van der Waals surface area contributed by atoms with Crippen molar-refractivity contribution in [3.8, 4) is 0 Å². The van der Waals surface area contributed by atoms with Crippen LogP contribution in [0.2, 0.25) is 5.02 Å². The first-order valence-electron chi connectivity index (χ1n) is 5.63. The average Bonchev–Trinajstić information content (AvgIpc) is 2.57. The van der Waals surface area contributed by atoms with Crippen LogP contribution in [0.1, 0.15) is 19.4 Å². The van der Waals surface area contributed by atoms with Gasteiger partial charge in [-0.15, -0.1) is 0 Å². The molecule has 0 aliphatic carbocycles. The molecule has 0 aromatic heterocycles. The van der Waals surface area contributed by atoms with Gasteiger partial charge in [-0.3, -0.25) is 9.59 Å². The van der Waals surface area contributed by atoms with E-state index in [0.717, 1.165) is 13.0 Å². The fourth-order valence-electron chi connectivity index (χ4n) is 1.86. The van der Waals surface area contributed by atoms with E-state index in [1.54, 1.807) is 0 Å². The molecule has 2 N–H and O–H groups in total. The van der Waals surface area contributed by atoms with Crippen LogP contribution in [0.4, 0.5) is 4.39 Å². The van der Waals surface area contributed by atoms with E-state index < -0.39 is 23.2 Å². The predicted molar refractivity (Wildman–Crippen MR) is 67.8 cm³/mol. The SMILES string of the molecule is CC(=O)OC1=C(N)OC(C)(c2ccc(F)c(Cl)c2)C1=O. The van der Waals surface area contributed by atoms with Crippen molar-refractivity contribution in [2.75, 3.05) is 0 Å². The minimum atomic E-state index is -1.51. The second-order valence-electron chi connectivity index (χ2n) is 4.38. The van der Waals surface area contributed by atoms with Gasteiger partial charge in [0.15, 0.2) is 5.60 Å². The Hall–Kier alpha value is -2.08. The van der Waals surface area contributed by atoms with Crippen LogP contribution in [-0.2, 0) is 24.7 Å². The van der Waals surface area contributed by atoms with Crippen LogP contribution in [0, 0.1) is 5.82 Å². The third-order valence-electron chi connectivity index (χ3n) is 2.89. The lowest BCUT2D eigenvalue weighted by atomic mass is 9.91. The first-order chi connectivity index (χ1) is 9.25. The number of hydrogen-bond acceptors (Lipinski definition) is 5. The first kappa shape index (κ1) is 14.3.